The van der Waals surface area contributed by atoms with Gasteiger partial charge in [-0.2, -0.15) is 13.2 Å². The Hall–Kier alpha value is 0.680. The van der Waals surface area contributed by atoms with Crippen LogP contribution >= 0.6 is 21.4 Å². The van der Waals surface area contributed by atoms with Crippen LogP contribution in [0.25, 0.3) is 0 Å². The molecule has 0 saturated heterocycles. The van der Waals surface area contributed by atoms with Gasteiger partial charge in [-0.15, -0.1) is 0 Å². The van der Waals surface area contributed by atoms with E-state index in [2.05, 4.69) is 21.4 Å². The first-order chi connectivity index (χ1) is 3.46. The first-order valence-corrected chi connectivity index (χ1v) is 3.93. The third-order valence-electron chi connectivity index (χ3n) is 0. The highest BCUT2D eigenvalue weighted by molar-refractivity contribution is 8.31. The van der Waals surface area contributed by atoms with Gasteiger partial charge in [-0.05, 0) is 0 Å². The fraction of sp³-hybridized carbons (Fsp3) is 1.00. The summed E-state index contributed by atoms with van der Waals surface area (Å²) in [6.07, 6.45) is 0. The summed E-state index contributed by atoms with van der Waals surface area (Å²) in [4.78, 5) is 0. The SMILES string of the molecule is FC(F)F.[O-][S+](Cl)Cl. The smallest absolute Gasteiger partial charge is 0.379 e. The van der Waals surface area contributed by atoms with Gasteiger partial charge in [-0.1, -0.05) is 0 Å². The van der Waals surface area contributed by atoms with Gasteiger partial charge in [0.2, 0.25) is 0 Å². The molecule has 1 nitrogen and oxygen atoms in total. The van der Waals surface area contributed by atoms with Crippen molar-refractivity contribution in [2.75, 3.05) is 0 Å². The van der Waals surface area contributed by atoms with Gasteiger partial charge in [0.15, 0.2) is 31.0 Å². The van der Waals surface area contributed by atoms with E-state index in [0.29, 0.717) is 0 Å². The predicted molar refractivity (Wildman–Crippen MR) is 27.0 cm³/mol. The van der Waals surface area contributed by atoms with E-state index in [1.165, 1.54) is 0 Å². The first-order valence-electron chi connectivity index (χ1n) is 1.13. The van der Waals surface area contributed by atoms with Crippen molar-refractivity contribution >= 4 is 31.0 Å². The second kappa shape index (κ2) is 7.68. The van der Waals surface area contributed by atoms with E-state index < -0.39 is 16.3 Å². The zero-order chi connectivity index (χ0) is 7.15. The average Bonchev–Trinajstić information content (AvgIpc) is 1.25. The van der Waals surface area contributed by atoms with Crippen LogP contribution in [0.2, 0.25) is 0 Å². The van der Waals surface area contributed by atoms with Crippen LogP contribution in [0.4, 0.5) is 13.2 Å². The van der Waals surface area contributed by atoms with Crippen LogP contribution in [0.5, 0.6) is 0 Å². The van der Waals surface area contributed by atoms with Crippen LogP contribution in [-0.2, 0) is 9.60 Å². The molecule has 0 aromatic heterocycles. The number of halogens is 5. The van der Waals surface area contributed by atoms with Gasteiger partial charge in [-0.3, -0.25) is 0 Å². The third kappa shape index (κ3) is 466. The van der Waals surface area contributed by atoms with Crippen molar-refractivity contribution in [3.63, 3.8) is 0 Å². The molecule has 0 fully saturated rings. The van der Waals surface area contributed by atoms with Gasteiger partial charge in [-0.25, -0.2) is 0 Å². The zero-order valence-electron chi connectivity index (χ0n) is 3.28. The van der Waals surface area contributed by atoms with Gasteiger partial charge in [0.25, 0.3) is 0 Å². The monoisotopic (exact) mass is 188 g/mol. The lowest BCUT2D eigenvalue weighted by Crippen LogP contribution is -1.65. The van der Waals surface area contributed by atoms with Gasteiger partial charge in [0.1, 0.15) is 0 Å². The van der Waals surface area contributed by atoms with Crippen LogP contribution in [0.3, 0.4) is 0 Å². The summed E-state index contributed by atoms with van der Waals surface area (Å²) in [5, 5.41) is 0. The largest absolute Gasteiger partial charge is 0.582 e. The highest BCUT2D eigenvalue weighted by atomic mass is 36.0. The van der Waals surface area contributed by atoms with E-state index in [1.807, 2.05) is 0 Å². The third-order valence-corrected chi connectivity index (χ3v) is 0. The van der Waals surface area contributed by atoms with E-state index in [9.17, 15) is 13.2 Å². The Morgan fingerprint density at radius 3 is 1.25 bits per heavy atom. The molecule has 0 aromatic rings. The lowest BCUT2D eigenvalue weighted by Gasteiger charge is -1.73. The maximum atomic E-state index is 9.67. The van der Waals surface area contributed by atoms with E-state index >= 15 is 0 Å². The van der Waals surface area contributed by atoms with Gasteiger partial charge >= 0.3 is 6.68 Å². The molecule has 7 heteroatoms. The Bertz CT molecular complexity index is 32.8. The van der Waals surface area contributed by atoms with Crippen molar-refractivity contribution in [3.05, 3.63) is 0 Å². The molecule has 0 saturated carbocycles. The van der Waals surface area contributed by atoms with Crippen molar-refractivity contribution in [2.45, 2.75) is 6.68 Å². The molecule has 8 heavy (non-hydrogen) atoms. The molecule has 0 aliphatic rings. The van der Waals surface area contributed by atoms with Gasteiger partial charge in [0.05, 0.1) is 0 Å². The maximum absolute atomic E-state index is 9.67. The summed E-state index contributed by atoms with van der Waals surface area (Å²) in [6.45, 7) is -3.67. The number of alkyl halides is 3. The fourth-order valence-electron chi connectivity index (χ4n) is 0. The summed E-state index contributed by atoms with van der Waals surface area (Å²) >= 11 is 0. The van der Waals surface area contributed by atoms with Gasteiger partial charge in [0, 0.05) is 0 Å². The average molecular weight is 189 g/mol. The van der Waals surface area contributed by atoms with Crippen LogP contribution < -0.4 is 0 Å². The molecule has 0 atom stereocenters. The maximum Gasteiger partial charge on any atom is 0.379 e. The summed E-state index contributed by atoms with van der Waals surface area (Å²) < 4.78 is 38.1. The molecule has 0 heterocycles. The van der Waals surface area contributed by atoms with Crippen LogP contribution in [0.15, 0.2) is 0 Å². The summed E-state index contributed by atoms with van der Waals surface area (Å²) in [5.74, 6) is 0. The van der Waals surface area contributed by atoms with E-state index in [0.717, 1.165) is 0 Å². The minimum atomic E-state index is -3.67. The molecule has 0 amide bonds. The summed E-state index contributed by atoms with van der Waals surface area (Å²) in [7, 11) is 7.36. The Kier molecular flexibility index (Phi) is 11.0. The fourth-order valence-corrected chi connectivity index (χ4v) is 0. The number of hydrogen-bond donors (Lipinski definition) is 0. The second-order valence-corrected chi connectivity index (χ2v) is 2.96. The van der Waals surface area contributed by atoms with E-state index in [4.69, 9.17) is 4.55 Å². The van der Waals surface area contributed by atoms with Crippen LogP contribution in [0, 0.1) is 0 Å². The number of hydrogen-bond acceptors (Lipinski definition) is 1. The Morgan fingerprint density at radius 1 is 1.25 bits per heavy atom. The van der Waals surface area contributed by atoms with Crippen molar-refractivity contribution in [1.29, 1.82) is 0 Å². The van der Waals surface area contributed by atoms with Crippen LogP contribution in [-0.4, -0.2) is 11.2 Å². The van der Waals surface area contributed by atoms with E-state index in [1.54, 1.807) is 0 Å². The first kappa shape index (κ1) is 11.5. The molecule has 52 valence electrons. The molecule has 0 aromatic carbocycles. The molecule has 0 bridgehead atoms. The molecule has 0 aliphatic carbocycles. The Balaban J connectivity index is 0. The molecule has 0 unspecified atom stereocenters. The lowest BCUT2D eigenvalue weighted by molar-refractivity contribution is 0.00819. The molecule has 0 radical (unpaired) electrons. The normalized spacial score (nSPS) is 9.00. The van der Waals surface area contributed by atoms with Crippen molar-refractivity contribution in [1.82, 2.24) is 0 Å². The summed E-state index contributed by atoms with van der Waals surface area (Å²) in [6, 6.07) is 0. The molecular weight excluding hydrogens is 188 g/mol. The standard InChI is InChI=1S/CHF3.Cl2OS/c2-1(3)4;1-4(2)3/h1H;. The molecule has 0 aliphatic heterocycles. The minimum absolute atomic E-state index is 1.67. The van der Waals surface area contributed by atoms with Gasteiger partial charge < -0.3 is 4.55 Å². The Labute approximate surface area is 56.0 Å². The van der Waals surface area contributed by atoms with Crippen molar-refractivity contribution < 1.29 is 17.7 Å². The molecule has 0 N–H and O–H groups in total. The zero-order valence-corrected chi connectivity index (χ0v) is 5.61. The van der Waals surface area contributed by atoms with E-state index in [-0.39, 0.29) is 0 Å². The quantitative estimate of drug-likeness (QED) is 0.535. The predicted octanol–water partition coefficient (Wildman–Crippen LogP) is 2.22. The highest BCUT2D eigenvalue weighted by Gasteiger charge is 1.86. The molecule has 0 spiro atoms. The summed E-state index contributed by atoms with van der Waals surface area (Å²) in [5.41, 5.74) is 0. The highest BCUT2D eigenvalue weighted by Crippen LogP contribution is 1.98. The molecular formula is CHCl2F3OS. The van der Waals surface area contributed by atoms with Crippen LogP contribution in [0.1, 0.15) is 0 Å². The lowest BCUT2D eigenvalue weighted by atomic mass is 11.6. The number of rotatable bonds is 0. The topological polar surface area (TPSA) is 23.1 Å². The Morgan fingerprint density at radius 2 is 1.25 bits per heavy atom. The van der Waals surface area contributed by atoms with Crippen molar-refractivity contribution in [3.8, 4) is 0 Å². The minimum Gasteiger partial charge on any atom is -0.582 e. The molecule has 0 rings (SSSR count). The second-order valence-electron chi connectivity index (χ2n) is 0.432. The van der Waals surface area contributed by atoms with Crippen molar-refractivity contribution in [2.24, 2.45) is 0 Å².